The van der Waals surface area contributed by atoms with E-state index in [1.165, 1.54) is 122 Å². The van der Waals surface area contributed by atoms with E-state index in [4.69, 9.17) is 14.8 Å². The quantitative estimate of drug-likeness (QED) is 0.0275. The molecule has 0 heterocycles. The first-order valence-electron chi connectivity index (χ1n) is 22.8. The minimum absolute atomic E-state index is 0.0747. The third-order valence-corrected chi connectivity index (χ3v) is 10.9. The van der Waals surface area contributed by atoms with Crippen LogP contribution in [0.1, 0.15) is 206 Å². The minimum atomic E-state index is -4.34. The number of aliphatic hydroxyl groups is 1. The SMILES string of the molecule is CCCCCCC/C=C\C/C=C\C/C=C\CCCCCCCCC(=O)NC(COP(=O)(O)OCCN)C(O)/C=C/CCCCCCCCCCCCCCC. The van der Waals surface area contributed by atoms with Gasteiger partial charge in [-0.2, -0.15) is 0 Å². The summed E-state index contributed by atoms with van der Waals surface area (Å²) in [6.07, 6.45) is 51.5. The molecule has 0 aliphatic rings. The average Bonchev–Trinajstić information content (AvgIpc) is 3.17. The Morgan fingerprint density at radius 3 is 1.45 bits per heavy atom. The molecule has 5 N–H and O–H groups in total. The van der Waals surface area contributed by atoms with E-state index in [1.54, 1.807) is 6.08 Å². The van der Waals surface area contributed by atoms with Crippen LogP contribution in [0.5, 0.6) is 0 Å². The molecule has 0 saturated carbocycles. The topological polar surface area (TPSA) is 131 Å². The highest BCUT2D eigenvalue weighted by atomic mass is 31.2. The zero-order valence-corrected chi connectivity index (χ0v) is 36.6. The average molecular weight is 795 g/mol. The summed E-state index contributed by atoms with van der Waals surface area (Å²) in [7, 11) is -4.34. The van der Waals surface area contributed by atoms with Crippen molar-refractivity contribution < 1.29 is 28.4 Å². The molecule has 0 radical (unpaired) electrons. The number of amides is 1. The standard InChI is InChI=1S/C46H87N2O6P/c1-3-5-7-9-11-13-15-17-19-20-21-22-23-24-26-28-30-32-34-36-38-40-46(50)48-44(43-54-55(51,52)53-42-41-47)45(49)39-37-35-33-31-29-27-25-18-16-14-12-10-8-6-4-2/h15,17,20-21,23-24,37,39,44-45,49H,3-14,16,18-19,22,25-36,38,40-43,47H2,1-2H3,(H,48,50)(H,51,52)/b17-15-,21-20-,24-23-,39-37+. The maximum Gasteiger partial charge on any atom is 0.472 e. The molecule has 0 aliphatic heterocycles. The molecule has 0 rings (SSSR count). The van der Waals surface area contributed by atoms with E-state index >= 15 is 0 Å². The van der Waals surface area contributed by atoms with E-state index in [2.05, 4.69) is 55.6 Å². The highest BCUT2D eigenvalue weighted by Crippen LogP contribution is 2.43. The fraction of sp³-hybridized carbons (Fsp3) is 0.804. The van der Waals surface area contributed by atoms with Gasteiger partial charge in [0.05, 0.1) is 25.4 Å². The number of aliphatic hydroxyl groups excluding tert-OH is 1. The first-order valence-corrected chi connectivity index (χ1v) is 24.3. The van der Waals surface area contributed by atoms with Gasteiger partial charge in [-0.15, -0.1) is 0 Å². The van der Waals surface area contributed by atoms with Gasteiger partial charge in [-0.1, -0.05) is 191 Å². The number of phosphoric acid groups is 1. The molecule has 0 spiro atoms. The van der Waals surface area contributed by atoms with Gasteiger partial charge in [0.2, 0.25) is 5.91 Å². The Hall–Kier alpha value is -1.54. The lowest BCUT2D eigenvalue weighted by Gasteiger charge is -2.23. The van der Waals surface area contributed by atoms with Crippen LogP contribution in [0.3, 0.4) is 0 Å². The number of nitrogens with one attached hydrogen (secondary N) is 1. The van der Waals surface area contributed by atoms with Gasteiger partial charge in [-0.05, 0) is 57.8 Å². The van der Waals surface area contributed by atoms with Crippen molar-refractivity contribution in [1.82, 2.24) is 5.32 Å². The monoisotopic (exact) mass is 795 g/mol. The smallest absolute Gasteiger partial charge is 0.387 e. The second-order valence-electron chi connectivity index (χ2n) is 15.3. The lowest BCUT2D eigenvalue weighted by molar-refractivity contribution is -0.123. The number of hydrogen-bond acceptors (Lipinski definition) is 6. The molecule has 0 bridgehead atoms. The first kappa shape index (κ1) is 53.5. The zero-order chi connectivity index (χ0) is 40.3. The van der Waals surface area contributed by atoms with Crippen LogP contribution in [0.2, 0.25) is 0 Å². The predicted molar refractivity (Wildman–Crippen MR) is 235 cm³/mol. The second-order valence-corrected chi connectivity index (χ2v) is 16.7. The van der Waals surface area contributed by atoms with Crippen LogP contribution in [0.15, 0.2) is 48.6 Å². The summed E-state index contributed by atoms with van der Waals surface area (Å²) in [5.74, 6) is -0.207. The van der Waals surface area contributed by atoms with Crippen molar-refractivity contribution in [2.75, 3.05) is 19.8 Å². The zero-order valence-electron chi connectivity index (χ0n) is 35.7. The fourth-order valence-electron chi connectivity index (χ4n) is 6.43. The molecule has 3 atom stereocenters. The van der Waals surface area contributed by atoms with Crippen LogP contribution in [-0.2, 0) is 18.4 Å². The van der Waals surface area contributed by atoms with Crippen LogP contribution in [-0.4, -0.2) is 47.8 Å². The Balaban J connectivity index is 4.22. The fourth-order valence-corrected chi connectivity index (χ4v) is 7.19. The number of rotatable bonds is 42. The van der Waals surface area contributed by atoms with Crippen LogP contribution >= 0.6 is 7.82 Å². The Morgan fingerprint density at radius 2 is 1.00 bits per heavy atom. The molecule has 0 aliphatic carbocycles. The molecule has 322 valence electrons. The second kappa shape index (κ2) is 42.1. The summed E-state index contributed by atoms with van der Waals surface area (Å²) in [6.45, 7) is 4.11. The van der Waals surface area contributed by atoms with Crippen LogP contribution < -0.4 is 11.1 Å². The summed E-state index contributed by atoms with van der Waals surface area (Å²) in [4.78, 5) is 22.7. The number of carbonyl (C=O) groups is 1. The van der Waals surface area contributed by atoms with Crippen LogP contribution in [0.25, 0.3) is 0 Å². The largest absolute Gasteiger partial charge is 0.472 e. The van der Waals surface area contributed by atoms with E-state index < -0.39 is 20.0 Å². The molecule has 0 aromatic rings. The van der Waals surface area contributed by atoms with Crippen LogP contribution in [0.4, 0.5) is 0 Å². The number of hydrogen-bond donors (Lipinski definition) is 4. The van der Waals surface area contributed by atoms with Crippen molar-refractivity contribution >= 4 is 13.7 Å². The maximum atomic E-state index is 12.8. The Morgan fingerprint density at radius 1 is 0.600 bits per heavy atom. The van der Waals surface area contributed by atoms with Gasteiger partial charge < -0.3 is 21.1 Å². The Kier molecular flexibility index (Phi) is 40.9. The molecular weight excluding hydrogens is 707 g/mol. The number of carbonyl (C=O) groups excluding carboxylic acids is 1. The molecule has 0 saturated heterocycles. The van der Waals surface area contributed by atoms with Gasteiger partial charge in [0.1, 0.15) is 0 Å². The molecule has 55 heavy (non-hydrogen) atoms. The third kappa shape index (κ3) is 40.5. The van der Waals surface area contributed by atoms with E-state index in [0.717, 1.165) is 64.2 Å². The number of allylic oxidation sites excluding steroid dienone is 7. The molecule has 0 fully saturated rings. The van der Waals surface area contributed by atoms with Gasteiger partial charge >= 0.3 is 7.82 Å². The number of phosphoric ester groups is 1. The molecule has 1 amide bonds. The van der Waals surface area contributed by atoms with E-state index in [0.29, 0.717) is 6.42 Å². The van der Waals surface area contributed by atoms with Crippen molar-refractivity contribution in [2.24, 2.45) is 5.73 Å². The maximum absolute atomic E-state index is 12.8. The normalized spacial score (nSPS) is 14.5. The lowest BCUT2D eigenvalue weighted by atomic mass is 10.0. The van der Waals surface area contributed by atoms with Crippen molar-refractivity contribution in [2.45, 2.75) is 219 Å². The van der Waals surface area contributed by atoms with E-state index in [9.17, 15) is 19.4 Å². The van der Waals surface area contributed by atoms with E-state index in [-0.39, 0.29) is 25.7 Å². The Bertz CT molecular complexity index is 1000. The summed E-state index contributed by atoms with van der Waals surface area (Å²) in [5.41, 5.74) is 5.37. The minimum Gasteiger partial charge on any atom is -0.387 e. The summed E-state index contributed by atoms with van der Waals surface area (Å²) in [5, 5.41) is 13.7. The highest BCUT2D eigenvalue weighted by Gasteiger charge is 2.26. The predicted octanol–water partition coefficient (Wildman–Crippen LogP) is 12.9. The van der Waals surface area contributed by atoms with Crippen molar-refractivity contribution in [3.8, 4) is 0 Å². The molecular formula is C46H87N2O6P. The number of nitrogens with two attached hydrogens (primary N) is 1. The third-order valence-electron chi connectivity index (χ3n) is 9.90. The summed E-state index contributed by atoms with van der Waals surface area (Å²) >= 11 is 0. The summed E-state index contributed by atoms with van der Waals surface area (Å²) < 4.78 is 22.1. The van der Waals surface area contributed by atoms with Crippen LogP contribution in [0, 0.1) is 0 Å². The molecule has 3 unspecified atom stereocenters. The van der Waals surface area contributed by atoms with E-state index in [1.807, 2.05) is 6.08 Å². The summed E-state index contributed by atoms with van der Waals surface area (Å²) in [6, 6.07) is -0.868. The first-order chi connectivity index (χ1) is 26.9. The Labute approximate surface area is 339 Å². The van der Waals surface area contributed by atoms with Crippen molar-refractivity contribution in [3.63, 3.8) is 0 Å². The molecule has 9 heteroatoms. The van der Waals surface area contributed by atoms with Crippen molar-refractivity contribution in [3.05, 3.63) is 48.6 Å². The van der Waals surface area contributed by atoms with Crippen molar-refractivity contribution in [1.29, 1.82) is 0 Å². The van der Waals surface area contributed by atoms with Gasteiger partial charge in [-0.25, -0.2) is 4.57 Å². The molecule has 8 nitrogen and oxygen atoms in total. The number of unbranched alkanes of at least 4 members (excludes halogenated alkanes) is 24. The van der Waals surface area contributed by atoms with Gasteiger partial charge in [0, 0.05) is 13.0 Å². The van der Waals surface area contributed by atoms with Gasteiger partial charge in [-0.3, -0.25) is 13.8 Å². The highest BCUT2D eigenvalue weighted by molar-refractivity contribution is 7.47. The van der Waals surface area contributed by atoms with Gasteiger partial charge in [0.15, 0.2) is 0 Å². The lowest BCUT2D eigenvalue weighted by Crippen LogP contribution is -2.45. The van der Waals surface area contributed by atoms with Gasteiger partial charge in [0.25, 0.3) is 0 Å². The molecule has 0 aromatic heterocycles. The molecule has 0 aromatic carbocycles.